The van der Waals surface area contributed by atoms with Crippen LogP contribution >= 0.6 is 0 Å². The number of hydrogen-bond donors (Lipinski definition) is 3. The molecule has 2 aromatic rings. The largest absolute Gasteiger partial charge is 0.394 e. The molecule has 0 saturated carbocycles. The standard InChI is InChI=1S/C20H24N4O3/c1-14-7-8-16(11-21-14)19(26)24-10-9-17(12-24)22-20(27)23-18(13-25)15-5-3-2-4-6-15/h2-8,11,17-18,25H,9-10,12-13H2,1H3,(H2,22,23,27)/t17-,18-/m1/s1. The number of hydrogen-bond acceptors (Lipinski definition) is 4. The Hall–Kier alpha value is -2.93. The summed E-state index contributed by atoms with van der Waals surface area (Å²) in [5.74, 6) is -0.0790. The zero-order chi connectivity index (χ0) is 19.2. The van der Waals surface area contributed by atoms with Gasteiger partial charge in [0.25, 0.3) is 5.91 Å². The van der Waals surface area contributed by atoms with Crippen LogP contribution in [0.3, 0.4) is 0 Å². The predicted molar refractivity (Wildman–Crippen MR) is 101 cm³/mol. The Morgan fingerprint density at radius 1 is 1.26 bits per heavy atom. The number of aliphatic hydroxyl groups is 1. The summed E-state index contributed by atoms with van der Waals surface area (Å²) in [6.07, 6.45) is 2.27. The molecule has 7 nitrogen and oxygen atoms in total. The highest BCUT2D eigenvalue weighted by Gasteiger charge is 2.28. The number of rotatable bonds is 5. The van der Waals surface area contributed by atoms with Crippen LogP contribution in [0, 0.1) is 6.92 Å². The molecule has 142 valence electrons. The summed E-state index contributed by atoms with van der Waals surface area (Å²) in [5.41, 5.74) is 2.25. The highest BCUT2D eigenvalue weighted by molar-refractivity contribution is 5.94. The topological polar surface area (TPSA) is 94.6 Å². The molecule has 3 amide bonds. The van der Waals surface area contributed by atoms with Crippen LogP contribution < -0.4 is 10.6 Å². The van der Waals surface area contributed by atoms with Gasteiger partial charge in [0.2, 0.25) is 0 Å². The molecule has 1 fully saturated rings. The van der Waals surface area contributed by atoms with Gasteiger partial charge in [-0.15, -0.1) is 0 Å². The van der Waals surface area contributed by atoms with Crippen molar-refractivity contribution >= 4 is 11.9 Å². The van der Waals surface area contributed by atoms with E-state index in [1.54, 1.807) is 17.2 Å². The number of aromatic nitrogens is 1. The molecule has 0 radical (unpaired) electrons. The third-order valence-corrected chi connectivity index (χ3v) is 4.66. The van der Waals surface area contributed by atoms with E-state index in [9.17, 15) is 14.7 Å². The summed E-state index contributed by atoms with van der Waals surface area (Å²) in [4.78, 5) is 30.7. The summed E-state index contributed by atoms with van der Waals surface area (Å²) in [6.45, 7) is 2.72. The molecule has 0 spiro atoms. The fourth-order valence-corrected chi connectivity index (χ4v) is 3.14. The molecular formula is C20H24N4O3. The van der Waals surface area contributed by atoms with Crippen molar-refractivity contribution in [1.29, 1.82) is 0 Å². The molecule has 3 N–H and O–H groups in total. The molecule has 27 heavy (non-hydrogen) atoms. The van der Waals surface area contributed by atoms with Crippen molar-refractivity contribution in [2.24, 2.45) is 0 Å². The van der Waals surface area contributed by atoms with Crippen LogP contribution in [0.4, 0.5) is 4.79 Å². The number of aliphatic hydroxyl groups excluding tert-OH is 1. The Balaban J connectivity index is 1.52. The predicted octanol–water partition coefficient (Wildman–Crippen LogP) is 1.64. The van der Waals surface area contributed by atoms with Gasteiger partial charge >= 0.3 is 6.03 Å². The number of carbonyl (C=O) groups is 2. The van der Waals surface area contributed by atoms with Crippen LogP contribution in [-0.4, -0.2) is 52.7 Å². The normalized spacial score (nSPS) is 17.4. The van der Waals surface area contributed by atoms with Gasteiger partial charge in [-0.05, 0) is 31.0 Å². The maximum Gasteiger partial charge on any atom is 0.315 e. The minimum absolute atomic E-state index is 0.0790. The second-order valence-corrected chi connectivity index (χ2v) is 6.69. The highest BCUT2D eigenvalue weighted by atomic mass is 16.3. The van der Waals surface area contributed by atoms with Gasteiger partial charge in [-0.3, -0.25) is 9.78 Å². The lowest BCUT2D eigenvalue weighted by Crippen LogP contribution is -2.45. The fraction of sp³-hybridized carbons (Fsp3) is 0.350. The molecule has 1 aliphatic rings. The molecule has 1 aromatic carbocycles. The van der Waals surface area contributed by atoms with E-state index in [0.717, 1.165) is 11.3 Å². The molecule has 1 aliphatic heterocycles. The van der Waals surface area contributed by atoms with E-state index in [1.165, 1.54) is 0 Å². The van der Waals surface area contributed by atoms with Gasteiger partial charge in [0.1, 0.15) is 0 Å². The van der Waals surface area contributed by atoms with E-state index < -0.39 is 6.04 Å². The average molecular weight is 368 g/mol. The van der Waals surface area contributed by atoms with E-state index in [2.05, 4.69) is 15.6 Å². The molecule has 1 aromatic heterocycles. The van der Waals surface area contributed by atoms with E-state index in [-0.39, 0.29) is 24.6 Å². The quantitative estimate of drug-likeness (QED) is 0.748. The van der Waals surface area contributed by atoms with Crippen LogP contribution in [0.2, 0.25) is 0 Å². The number of urea groups is 1. The molecule has 2 atom stereocenters. The van der Waals surface area contributed by atoms with E-state index >= 15 is 0 Å². The molecule has 2 heterocycles. The maximum atomic E-state index is 12.5. The first-order valence-corrected chi connectivity index (χ1v) is 9.01. The molecule has 0 unspecified atom stereocenters. The van der Waals surface area contributed by atoms with Crippen molar-refractivity contribution < 1.29 is 14.7 Å². The lowest BCUT2D eigenvalue weighted by Gasteiger charge is -2.20. The number of aryl methyl sites for hydroxylation is 1. The van der Waals surface area contributed by atoms with Crippen LogP contribution in [-0.2, 0) is 0 Å². The lowest BCUT2D eigenvalue weighted by atomic mass is 10.1. The smallest absolute Gasteiger partial charge is 0.315 e. The van der Waals surface area contributed by atoms with Crippen LogP contribution in [0.1, 0.15) is 34.1 Å². The van der Waals surface area contributed by atoms with Gasteiger partial charge in [-0.1, -0.05) is 30.3 Å². The summed E-state index contributed by atoms with van der Waals surface area (Å²) in [5, 5.41) is 15.2. The first kappa shape index (κ1) is 18.8. The van der Waals surface area contributed by atoms with E-state index in [4.69, 9.17) is 0 Å². The SMILES string of the molecule is Cc1ccc(C(=O)N2CC[C@@H](NC(=O)N[C@H](CO)c3ccccc3)C2)cn1. The third kappa shape index (κ3) is 4.83. The fourth-order valence-electron chi connectivity index (χ4n) is 3.14. The van der Waals surface area contributed by atoms with Crippen molar-refractivity contribution in [2.75, 3.05) is 19.7 Å². The zero-order valence-electron chi connectivity index (χ0n) is 15.3. The van der Waals surface area contributed by atoms with Crippen molar-refractivity contribution in [1.82, 2.24) is 20.5 Å². The molecule has 0 aliphatic carbocycles. The van der Waals surface area contributed by atoms with E-state index in [1.807, 2.05) is 43.3 Å². The Morgan fingerprint density at radius 2 is 2.04 bits per heavy atom. The lowest BCUT2D eigenvalue weighted by molar-refractivity contribution is 0.0789. The van der Waals surface area contributed by atoms with Gasteiger partial charge in [0.15, 0.2) is 0 Å². The number of carbonyl (C=O) groups excluding carboxylic acids is 2. The number of benzene rings is 1. The first-order chi connectivity index (χ1) is 13.1. The van der Waals surface area contributed by atoms with Gasteiger partial charge in [-0.25, -0.2) is 4.79 Å². The van der Waals surface area contributed by atoms with Crippen molar-refractivity contribution in [2.45, 2.75) is 25.4 Å². The summed E-state index contributed by atoms with van der Waals surface area (Å²) >= 11 is 0. The van der Waals surface area contributed by atoms with Crippen molar-refractivity contribution in [3.8, 4) is 0 Å². The third-order valence-electron chi connectivity index (χ3n) is 4.66. The van der Waals surface area contributed by atoms with Gasteiger partial charge in [0, 0.05) is 31.0 Å². The Bertz CT molecular complexity index is 780. The first-order valence-electron chi connectivity index (χ1n) is 9.01. The summed E-state index contributed by atoms with van der Waals surface area (Å²) in [7, 11) is 0. The Kier molecular flexibility index (Phi) is 6.03. The molecular weight excluding hydrogens is 344 g/mol. The summed E-state index contributed by atoms with van der Waals surface area (Å²) < 4.78 is 0. The number of amides is 3. The van der Waals surface area contributed by atoms with Crippen LogP contribution in [0.5, 0.6) is 0 Å². The number of nitrogens with zero attached hydrogens (tertiary/aromatic N) is 2. The van der Waals surface area contributed by atoms with Gasteiger partial charge in [-0.2, -0.15) is 0 Å². The number of pyridine rings is 1. The zero-order valence-corrected chi connectivity index (χ0v) is 15.3. The minimum Gasteiger partial charge on any atom is -0.394 e. The Morgan fingerprint density at radius 3 is 2.70 bits per heavy atom. The summed E-state index contributed by atoms with van der Waals surface area (Å²) in [6, 6.07) is 11.9. The molecule has 3 rings (SSSR count). The molecule has 7 heteroatoms. The van der Waals surface area contributed by atoms with Crippen LogP contribution in [0.15, 0.2) is 48.7 Å². The maximum absolute atomic E-state index is 12.5. The van der Waals surface area contributed by atoms with Gasteiger partial charge < -0.3 is 20.6 Å². The van der Waals surface area contributed by atoms with Crippen LogP contribution in [0.25, 0.3) is 0 Å². The minimum atomic E-state index is -0.469. The monoisotopic (exact) mass is 368 g/mol. The Labute approximate surface area is 158 Å². The second-order valence-electron chi connectivity index (χ2n) is 6.69. The van der Waals surface area contributed by atoms with Crippen molar-refractivity contribution in [3.05, 3.63) is 65.5 Å². The highest BCUT2D eigenvalue weighted by Crippen LogP contribution is 2.15. The average Bonchev–Trinajstić information content (AvgIpc) is 3.15. The number of nitrogens with one attached hydrogen (secondary N) is 2. The molecule has 0 bridgehead atoms. The van der Waals surface area contributed by atoms with Gasteiger partial charge in [0.05, 0.1) is 18.2 Å². The molecule has 1 saturated heterocycles. The van der Waals surface area contributed by atoms with Crippen molar-refractivity contribution in [3.63, 3.8) is 0 Å². The second kappa shape index (κ2) is 8.64. The number of likely N-dealkylation sites (tertiary alicyclic amines) is 1. The van der Waals surface area contributed by atoms with E-state index in [0.29, 0.717) is 25.1 Å².